The van der Waals surface area contributed by atoms with Gasteiger partial charge in [0.15, 0.2) is 5.78 Å². The van der Waals surface area contributed by atoms with Crippen LogP contribution in [0.5, 0.6) is 0 Å². The molecule has 0 spiro atoms. The number of carbonyl (C=O) groups is 1. The maximum absolute atomic E-state index is 15.2. The Labute approximate surface area is 343 Å². The van der Waals surface area contributed by atoms with Crippen LogP contribution in [0.15, 0.2) is 111 Å². The molecule has 0 aliphatic carbocycles. The molecule has 13 heteroatoms. The Morgan fingerprint density at radius 2 is 1.59 bits per heavy atom. The van der Waals surface area contributed by atoms with Gasteiger partial charge in [-0.1, -0.05) is 98.8 Å². The highest BCUT2D eigenvalue weighted by molar-refractivity contribution is 7.22. The maximum Gasteiger partial charge on any atom is 0.333 e. The fourth-order valence-corrected chi connectivity index (χ4v) is 13.2. The topological polar surface area (TPSA) is 135 Å². The van der Waals surface area contributed by atoms with Crippen molar-refractivity contribution in [2.75, 3.05) is 20.3 Å². The third kappa shape index (κ3) is 7.62. The quantitative estimate of drug-likeness (QED) is 0.115. The number of benzene rings is 3. The lowest BCUT2D eigenvalue weighted by molar-refractivity contribution is -0.127. The van der Waals surface area contributed by atoms with E-state index in [4.69, 9.17) is 18.6 Å². The number of hydrogen-bond acceptors (Lipinski definition) is 10. The van der Waals surface area contributed by atoms with Crippen LogP contribution >= 0.6 is 11.3 Å². The molecule has 11 nitrogen and oxygen atoms in total. The summed E-state index contributed by atoms with van der Waals surface area (Å²) in [6.45, 7) is 10.4. The van der Waals surface area contributed by atoms with Crippen LogP contribution in [0.25, 0.3) is 21.0 Å². The van der Waals surface area contributed by atoms with Crippen LogP contribution in [0, 0.1) is 6.92 Å². The van der Waals surface area contributed by atoms with E-state index in [0.29, 0.717) is 59.2 Å². The summed E-state index contributed by atoms with van der Waals surface area (Å²) in [6, 6.07) is 26.8. The third-order valence-electron chi connectivity index (χ3n) is 11.6. The number of nitrogens with zero attached hydrogens (tertiary/aromatic N) is 3. The second kappa shape index (κ2) is 16.8. The van der Waals surface area contributed by atoms with Gasteiger partial charge in [-0.05, 0) is 65.7 Å². The highest BCUT2D eigenvalue weighted by Crippen LogP contribution is 2.42. The van der Waals surface area contributed by atoms with Crippen molar-refractivity contribution in [3.05, 3.63) is 135 Å². The molecule has 4 heterocycles. The van der Waals surface area contributed by atoms with Crippen LogP contribution in [-0.4, -0.2) is 59.4 Å². The van der Waals surface area contributed by atoms with Gasteiger partial charge in [-0.2, -0.15) is 0 Å². The van der Waals surface area contributed by atoms with E-state index in [9.17, 15) is 14.4 Å². The first-order chi connectivity index (χ1) is 27.8. The number of ketones is 1. The lowest BCUT2D eigenvalue weighted by Crippen LogP contribution is -2.66. The van der Waals surface area contributed by atoms with Gasteiger partial charge in [-0.3, -0.25) is 14.2 Å². The van der Waals surface area contributed by atoms with Crippen LogP contribution in [0.1, 0.15) is 69.8 Å². The molecular weight excluding hydrogens is 771 g/mol. The number of aromatic nitrogens is 3. The van der Waals surface area contributed by atoms with Gasteiger partial charge in [-0.25, -0.2) is 14.3 Å². The van der Waals surface area contributed by atoms with Crippen LogP contribution < -0.4 is 21.6 Å². The van der Waals surface area contributed by atoms with Gasteiger partial charge < -0.3 is 23.4 Å². The SMILES string of the molecule is COCc1ccccc1[C@H](Cn1c(=O)n(C(C)(C)C(=O)CC(C)(C)[Si](O)(c2ccccc2)c2ccccc2)c(=O)c2c(C)c(-c3ncco3)sc21)OC1CCOCC1. The minimum absolute atomic E-state index is 0.0448. The molecule has 1 N–H and O–H groups in total. The largest absolute Gasteiger partial charge is 0.444 e. The number of Topliss-reactive ketones (excluding diaryl/α,β-unsaturated/α-hetero) is 1. The van der Waals surface area contributed by atoms with Gasteiger partial charge in [0, 0.05) is 26.7 Å². The Balaban J connectivity index is 1.38. The molecule has 1 saturated heterocycles. The lowest BCUT2D eigenvalue weighted by atomic mass is 9.91. The summed E-state index contributed by atoms with van der Waals surface area (Å²) in [7, 11) is -1.99. The van der Waals surface area contributed by atoms with E-state index in [1.807, 2.05) is 106 Å². The predicted molar refractivity (Wildman–Crippen MR) is 229 cm³/mol. The first-order valence-corrected chi connectivity index (χ1v) is 22.4. The van der Waals surface area contributed by atoms with Crippen LogP contribution in [-0.2, 0) is 37.7 Å². The van der Waals surface area contributed by atoms with Gasteiger partial charge in [0.05, 0.1) is 35.7 Å². The smallest absolute Gasteiger partial charge is 0.333 e. The molecular formula is C45H51N3O8SSi. The van der Waals surface area contributed by atoms with Gasteiger partial charge in [-0.15, -0.1) is 11.3 Å². The molecule has 1 fully saturated rings. The molecule has 0 bridgehead atoms. The number of hydrogen-bond donors (Lipinski definition) is 1. The molecule has 0 unspecified atom stereocenters. The van der Waals surface area contributed by atoms with Gasteiger partial charge in [0.2, 0.25) is 5.89 Å². The minimum Gasteiger partial charge on any atom is -0.444 e. The maximum atomic E-state index is 15.2. The van der Waals surface area contributed by atoms with E-state index in [2.05, 4.69) is 4.98 Å². The summed E-state index contributed by atoms with van der Waals surface area (Å²) < 4.78 is 26.5. The summed E-state index contributed by atoms with van der Waals surface area (Å²) in [5, 5.41) is 0.846. The Kier molecular flexibility index (Phi) is 12.0. The third-order valence-corrected chi connectivity index (χ3v) is 17.4. The Bertz CT molecular complexity index is 2450. The Morgan fingerprint density at radius 3 is 2.19 bits per heavy atom. The summed E-state index contributed by atoms with van der Waals surface area (Å²) in [5.74, 6) is -0.0334. The molecule has 58 heavy (non-hydrogen) atoms. The van der Waals surface area contributed by atoms with Gasteiger partial charge in [0.1, 0.15) is 22.7 Å². The van der Waals surface area contributed by atoms with Crippen molar-refractivity contribution >= 4 is 46.0 Å². The van der Waals surface area contributed by atoms with Crippen molar-refractivity contribution in [2.24, 2.45) is 0 Å². The monoisotopic (exact) mass is 821 g/mol. The number of aryl methyl sites for hydroxylation is 1. The zero-order valence-electron chi connectivity index (χ0n) is 33.9. The van der Waals surface area contributed by atoms with E-state index in [1.165, 1.54) is 23.8 Å². The first-order valence-electron chi connectivity index (χ1n) is 19.7. The van der Waals surface area contributed by atoms with E-state index in [-0.39, 0.29) is 24.9 Å². The molecule has 1 aliphatic heterocycles. The average Bonchev–Trinajstić information content (AvgIpc) is 3.88. The molecule has 1 atom stereocenters. The second-order valence-electron chi connectivity index (χ2n) is 16.2. The highest BCUT2D eigenvalue weighted by Gasteiger charge is 2.52. The van der Waals surface area contributed by atoms with Crippen molar-refractivity contribution in [2.45, 2.75) is 89.8 Å². The molecule has 6 aromatic rings. The Morgan fingerprint density at radius 1 is 0.966 bits per heavy atom. The molecule has 0 saturated carbocycles. The van der Waals surface area contributed by atoms with Crippen molar-refractivity contribution in [1.82, 2.24) is 14.1 Å². The summed E-state index contributed by atoms with van der Waals surface area (Å²) >= 11 is 1.25. The normalized spacial score (nSPS) is 14.9. The number of rotatable bonds is 15. The van der Waals surface area contributed by atoms with E-state index in [0.717, 1.165) is 26.1 Å². The molecule has 7 rings (SSSR count). The molecule has 3 aromatic heterocycles. The van der Waals surface area contributed by atoms with Crippen molar-refractivity contribution in [1.29, 1.82) is 0 Å². The molecule has 3 aromatic carbocycles. The average molecular weight is 822 g/mol. The molecule has 0 radical (unpaired) electrons. The van der Waals surface area contributed by atoms with Gasteiger partial charge >= 0.3 is 5.69 Å². The van der Waals surface area contributed by atoms with Gasteiger partial charge in [0.25, 0.3) is 13.9 Å². The first kappa shape index (κ1) is 41.4. The molecule has 1 aliphatic rings. The summed E-state index contributed by atoms with van der Waals surface area (Å²) in [4.78, 5) is 63.5. The fourth-order valence-electron chi connectivity index (χ4n) is 8.28. The summed E-state index contributed by atoms with van der Waals surface area (Å²) in [6.07, 6.45) is 3.53. The van der Waals surface area contributed by atoms with Crippen LogP contribution in [0.3, 0.4) is 0 Å². The number of ether oxygens (including phenoxy) is 3. The summed E-state index contributed by atoms with van der Waals surface area (Å²) in [5.41, 5.74) is -0.495. The van der Waals surface area contributed by atoms with E-state index < -0.39 is 36.2 Å². The van der Waals surface area contributed by atoms with Crippen molar-refractivity contribution in [3.8, 4) is 10.8 Å². The molecule has 0 amide bonds. The number of methoxy groups -OCH3 is 1. The zero-order chi connectivity index (χ0) is 41.2. The second-order valence-corrected chi connectivity index (χ2v) is 21.1. The number of fused-ring (bicyclic) bond motifs is 1. The van der Waals surface area contributed by atoms with Crippen molar-refractivity contribution < 1.29 is 28.2 Å². The van der Waals surface area contributed by atoms with E-state index >= 15 is 4.79 Å². The van der Waals surface area contributed by atoms with Crippen LogP contribution in [0.2, 0.25) is 5.04 Å². The number of thiophene rings is 1. The molecule has 304 valence electrons. The zero-order valence-corrected chi connectivity index (χ0v) is 35.7. The van der Waals surface area contributed by atoms with Crippen molar-refractivity contribution in [3.63, 3.8) is 0 Å². The van der Waals surface area contributed by atoms with E-state index in [1.54, 1.807) is 25.5 Å². The minimum atomic E-state index is -3.63. The number of carbonyl (C=O) groups excluding carboxylic acids is 1. The Hall–Kier alpha value is -4.76. The number of oxazole rings is 1. The standard InChI is InChI=1S/C45H51N3O8SSi/c1-30-38-41(50)48(45(4,5)37(49)27-44(2,3)58(52,33-16-9-7-10-17-33)34-18-11-8-12-19-34)43(51)47(42(38)57-39(30)40-46-23-26-55-40)28-36(56-32-21-24-54-25-22-32)35-20-14-13-15-31(35)29-53-6/h7-20,23,26,32,36,52H,21-22,24-25,27-29H2,1-6H3/t36-/m0/s1. The fraction of sp³-hybridized carbons (Fsp3) is 0.378. The lowest BCUT2D eigenvalue weighted by Gasteiger charge is -2.42. The predicted octanol–water partition coefficient (Wildman–Crippen LogP) is 6.50. The van der Waals surface area contributed by atoms with Crippen LogP contribution in [0.4, 0.5) is 0 Å². The highest BCUT2D eigenvalue weighted by atomic mass is 32.1.